The van der Waals surface area contributed by atoms with Gasteiger partial charge in [-0.05, 0) is 18.9 Å². The van der Waals surface area contributed by atoms with Crippen molar-refractivity contribution in [1.29, 1.82) is 0 Å². The van der Waals surface area contributed by atoms with Gasteiger partial charge in [0.15, 0.2) is 0 Å². The fraction of sp³-hybridized carbons (Fsp3) is 1.00. The Hall–Kier alpha value is 0.250. The van der Waals surface area contributed by atoms with Gasteiger partial charge in [-0.1, -0.05) is 84.5 Å². The average Bonchev–Trinajstić information content (AvgIpc) is 2.30. The zero-order chi connectivity index (χ0) is 12.8. The first kappa shape index (κ1) is 20.6. The van der Waals surface area contributed by atoms with Gasteiger partial charge in [0.05, 0.1) is 0 Å². The van der Waals surface area contributed by atoms with Gasteiger partial charge in [-0.2, -0.15) is 0 Å². The Balaban J connectivity index is 0. The molecule has 0 aliphatic carbocycles. The molecule has 0 bridgehead atoms. The van der Waals surface area contributed by atoms with Crippen LogP contribution in [0.5, 0.6) is 0 Å². The van der Waals surface area contributed by atoms with E-state index >= 15 is 0 Å². The highest BCUT2D eigenvalue weighted by Crippen LogP contribution is 2.13. The van der Waals surface area contributed by atoms with Gasteiger partial charge in [-0.3, -0.25) is 0 Å². The summed E-state index contributed by atoms with van der Waals surface area (Å²) in [5.74, 6) is 0.892. The zero-order valence-corrected chi connectivity index (χ0v) is 13.6. The maximum Gasteiger partial charge on any atom is -0.00773 e. The molecule has 0 aromatic rings. The molecule has 112 valence electrons. The molecule has 0 saturated heterocycles. The molecular formula is C16H36ClN. The summed E-state index contributed by atoms with van der Waals surface area (Å²) < 4.78 is 0. The van der Waals surface area contributed by atoms with Crippen molar-refractivity contribution in [1.82, 2.24) is 0 Å². The van der Waals surface area contributed by atoms with Crippen LogP contribution >= 0.6 is 12.4 Å². The second-order valence-corrected chi connectivity index (χ2v) is 5.86. The average molecular weight is 278 g/mol. The molecule has 2 heteroatoms. The molecule has 1 nitrogen and oxygen atoms in total. The summed E-state index contributed by atoms with van der Waals surface area (Å²) in [6.07, 6.45) is 17.0. The molecule has 0 aliphatic heterocycles. The summed E-state index contributed by atoms with van der Waals surface area (Å²) in [5.41, 5.74) is 5.47. The van der Waals surface area contributed by atoms with E-state index in [2.05, 4.69) is 13.8 Å². The summed E-state index contributed by atoms with van der Waals surface area (Å²) in [4.78, 5) is 0. The van der Waals surface area contributed by atoms with Crippen LogP contribution in [0.1, 0.15) is 90.9 Å². The van der Waals surface area contributed by atoms with Crippen molar-refractivity contribution in [3.63, 3.8) is 0 Å². The van der Waals surface area contributed by atoms with Crippen molar-refractivity contribution >= 4 is 12.4 Å². The highest BCUT2D eigenvalue weighted by molar-refractivity contribution is 5.85. The minimum Gasteiger partial charge on any atom is -0.330 e. The SMILES string of the molecule is CC(C)CCCCCCCCCCCCCN.Cl. The molecule has 0 fully saturated rings. The topological polar surface area (TPSA) is 26.0 Å². The smallest absolute Gasteiger partial charge is 0.00773 e. The van der Waals surface area contributed by atoms with E-state index in [0.717, 1.165) is 12.5 Å². The highest BCUT2D eigenvalue weighted by Gasteiger charge is 1.95. The first-order valence-corrected chi connectivity index (χ1v) is 7.97. The molecule has 0 rings (SSSR count). The normalized spacial score (nSPS) is 10.7. The summed E-state index contributed by atoms with van der Waals surface area (Å²) in [6, 6.07) is 0. The number of nitrogens with two attached hydrogens (primary N) is 1. The van der Waals surface area contributed by atoms with Gasteiger partial charge in [0.2, 0.25) is 0 Å². The van der Waals surface area contributed by atoms with Crippen LogP contribution in [0, 0.1) is 5.92 Å². The Bertz CT molecular complexity index is 137. The first-order chi connectivity index (χ1) is 8.27. The van der Waals surface area contributed by atoms with Gasteiger partial charge in [0.25, 0.3) is 0 Å². The Morgan fingerprint density at radius 3 is 1.28 bits per heavy atom. The van der Waals surface area contributed by atoms with E-state index in [4.69, 9.17) is 5.73 Å². The Morgan fingerprint density at radius 1 is 0.611 bits per heavy atom. The monoisotopic (exact) mass is 277 g/mol. The molecule has 0 aromatic carbocycles. The van der Waals surface area contributed by atoms with Crippen LogP contribution in [-0.4, -0.2) is 6.54 Å². The second-order valence-electron chi connectivity index (χ2n) is 5.86. The summed E-state index contributed by atoms with van der Waals surface area (Å²) >= 11 is 0. The highest BCUT2D eigenvalue weighted by atomic mass is 35.5. The quantitative estimate of drug-likeness (QED) is 0.429. The van der Waals surface area contributed by atoms with Crippen LogP contribution < -0.4 is 5.73 Å². The fourth-order valence-corrected chi connectivity index (χ4v) is 2.29. The Labute approximate surface area is 122 Å². The van der Waals surface area contributed by atoms with Crippen molar-refractivity contribution in [2.24, 2.45) is 11.7 Å². The van der Waals surface area contributed by atoms with Crippen molar-refractivity contribution in [2.75, 3.05) is 6.54 Å². The van der Waals surface area contributed by atoms with E-state index in [1.54, 1.807) is 0 Å². The number of unbranched alkanes of at least 4 members (excludes halogenated alkanes) is 10. The van der Waals surface area contributed by atoms with E-state index in [9.17, 15) is 0 Å². The molecule has 0 atom stereocenters. The lowest BCUT2D eigenvalue weighted by Crippen LogP contribution is -1.97. The van der Waals surface area contributed by atoms with Gasteiger partial charge < -0.3 is 5.73 Å². The van der Waals surface area contributed by atoms with E-state index in [1.807, 2.05) is 0 Å². The fourth-order valence-electron chi connectivity index (χ4n) is 2.29. The van der Waals surface area contributed by atoms with E-state index < -0.39 is 0 Å². The Kier molecular flexibility index (Phi) is 19.7. The van der Waals surface area contributed by atoms with Gasteiger partial charge in [-0.15, -0.1) is 12.4 Å². The van der Waals surface area contributed by atoms with Gasteiger partial charge >= 0.3 is 0 Å². The molecule has 2 N–H and O–H groups in total. The number of hydrogen-bond donors (Lipinski definition) is 1. The van der Waals surface area contributed by atoms with E-state index in [-0.39, 0.29) is 12.4 Å². The molecule has 0 spiro atoms. The van der Waals surface area contributed by atoms with Crippen molar-refractivity contribution < 1.29 is 0 Å². The van der Waals surface area contributed by atoms with Gasteiger partial charge in [0, 0.05) is 0 Å². The van der Waals surface area contributed by atoms with Crippen LogP contribution in [0.4, 0.5) is 0 Å². The molecule has 0 heterocycles. The lowest BCUT2D eigenvalue weighted by Gasteiger charge is -2.04. The molecular weight excluding hydrogens is 242 g/mol. The third-order valence-electron chi connectivity index (χ3n) is 3.49. The predicted octanol–water partition coefficient (Wildman–Crippen LogP) is 5.70. The Morgan fingerprint density at radius 2 is 0.944 bits per heavy atom. The minimum absolute atomic E-state index is 0. The second kappa shape index (κ2) is 17.2. The summed E-state index contributed by atoms with van der Waals surface area (Å²) in [6.45, 7) is 5.52. The van der Waals surface area contributed by atoms with Gasteiger partial charge in [0.1, 0.15) is 0 Å². The lowest BCUT2D eigenvalue weighted by molar-refractivity contribution is 0.504. The molecule has 0 radical (unpaired) electrons. The summed E-state index contributed by atoms with van der Waals surface area (Å²) in [7, 11) is 0. The van der Waals surface area contributed by atoms with Crippen molar-refractivity contribution in [2.45, 2.75) is 90.9 Å². The van der Waals surface area contributed by atoms with E-state index in [0.29, 0.717) is 0 Å². The zero-order valence-electron chi connectivity index (χ0n) is 12.8. The molecule has 0 aliphatic rings. The maximum absolute atomic E-state index is 5.47. The number of rotatable bonds is 13. The van der Waals surface area contributed by atoms with E-state index in [1.165, 1.54) is 77.0 Å². The lowest BCUT2D eigenvalue weighted by atomic mass is 10.0. The van der Waals surface area contributed by atoms with Crippen LogP contribution in [0.15, 0.2) is 0 Å². The summed E-state index contributed by atoms with van der Waals surface area (Å²) in [5, 5.41) is 0. The molecule has 0 amide bonds. The minimum atomic E-state index is 0. The molecule has 0 unspecified atom stereocenters. The van der Waals surface area contributed by atoms with Gasteiger partial charge in [-0.25, -0.2) is 0 Å². The predicted molar refractivity (Wildman–Crippen MR) is 86.5 cm³/mol. The number of hydrogen-bond acceptors (Lipinski definition) is 1. The molecule has 0 aromatic heterocycles. The van der Waals surface area contributed by atoms with Crippen molar-refractivity contribution in [3.05, 3.63) is 0 Å². The standard InChI is InChI=1S/C16H35N.ClH/c1-16(2)14-12-10-8-6-4-3-5-7-9-11-13-15-17;/h16H,3-15,17H2,1-2H3;1H. The molecule has 18 heavy (non-hydrogen) atoms. The third-order valence-corrected chi connectivity index (χ3v) is 3.49. The largest absolute Gasteiger partial charge is 0.330 e. The number of halogens is 1. The first-order valence-electron chi connectivity index (χ1n) is 7.97. The third kappa shape index (κ3) is 18.6. The van der Waals surface area contributed by atoms with Crippen LogP contribution in [0.2, 0.25) is 0 Å². The molecule has 0 saturated carbocycles. The van der Waals surface area contributed by atoms with Crippen LogP contribution in [0.25, 0.3) is 0 Å². The van der Waals surface area contributed by atoms with Crippen LogP contribution in [0.3, 0.4) is 0 Å². The maximum atomic E-state index is 5.47. The van der Waals surface area contributed by atoms with Crippen molar-refractivity contribution in [3.8, 4) is 0 Å². The van der Waals surface area contributed by atoms with Crippen LogP contribution in [-0.2, 0) is 0 Å².